The van der Waals surface area contributed by atoms with Crippen molar-refractivity contribution in [1.29, 1.82) is 0 Å². The van der Waals surface area contributed by atoms with Crippen LogP contribution in [0.4, 0.5) is 0 Å². The maximum atomic E-state index is 12.6. The van der Waals surface area contributed by atoms with Gasteiger partial charge in [0.25, 0.3) is 0 Å². The van der Waals surface area contributed by atoms with E-state index in [-0.39, 0.29) is 17.9 Å². The second-order valence-corrected chi connectivity index (χ2v) is 6.33. The Morgan fingerprint density at radius 3 is 2.25 bits per heavy atom. The van der Waals surface area contributed by atoms with Crippen molar-refractivity contribution in [3.63, 3.8) is 0 Å². The van der Waals surface area contributed by atoms with Gasteiger partial charge in [0, 0.05) is 32.3 Å². The van der Waals surface area contributed by atoms with Gasteiger partial charge in [-0.2, -0.15) is 0 Å². The van der Waals surface area contributed by atoms with Gasteiger partial charge in [0.05, 0.1) is 6.04 Å². The highest BCUT2D eigenvalue weighted by Crippen LogP contribution is 2.19. The number of nitrogens with zero attached hydrogens (tertiary/aromatic N) is 2. The normalized spacial score (nSPS) is 17.6. The maximum absolute atomic E-state index is 12.6. The molecule has 1 heterocycles. The fourth-order valence-corrected chi connectivity index (χ4v) is 2.91. The summed E-state index contributed by atoms with van der Waals surface area (Å²) < 4.78 is 0. The van der Waals surface area contributed by atoms with Crippen LogP contribution in [0.2, 0.25) is 0 Å². The summed E-state index contributed by atoms with van der Waals surface area (Å²) in [6, 6.07) is 7.96. The topological polar surface area (TPSA) is 66.6 Å². The number of piperazine rings is 1. The van der Waals surface area contributed by atoms with E-state index in [9.17, 15) is 9.59 Å². The van der Waals surface area contributed by atoms with Crippen LogP contribution in [0, 0.1) is 6.92 Å². The van der Waals surface area contributed by atoms with Gasteiger partial charge in [-0.3, -0.25) is 14.5 Å². The van der Waals surface area contributed by atoms with Crippen LogP contribution in [-0.2, 0) is 9.59 Å². The molecule has 1 atom stereocenters. The predicted molar refractivity (Wildman–Crippen MR) is 96.3 cm³/mol. The Morgan fingerprint density at radius 1 is 1.17 bits per heavy atom. The zero-order valence-corrected chi connectivity index (χ0v) is 14.8. The third kappa shape index (κ3) is 4.45. The van der Waals surface area contributed by atoms with Gasteiger partial charge in [-0.05, 0) is 31.4 Å². The van der Waals surface area contributed by atoms with E-state index in [0.717, 1.165) is 17.6 Å². The minimum absolute atomic E-state index is 0.0406. The fourth-order valence-electron chi connectivity index (χ4n) is 2.91. The van der Waals surface area contributed by atoms with E-state index in [1.807, 2.05) is 16.7 Å². The van der Waals surface area contributed by atoms with Gasteiger partial charge in [0.15, 0.2) is 0 Å². The molecule has 24 heavy (non-hydrogen) atoms. The predicted octanol–water partition coefficient (Wildman–Crippen LogP) is 1.81. The highest BCUT2D eigenvalue weighted by Gasteiger charge is 2.25. The molecule has 0 aliphatic carbocycles. The smallest absolute Gasteiger partial charge is 0.246 e. The van der Waals surface area contributed by atoms with E-state index in [4.69, 9.17) is 5.73 Å². The number of nitrogens with two attached hydrogens (primary N) is 1. The molecule has 1 aromatic carbocycles. The van der Waals surface area contributed by atoms with Gasteiger partial charge in [-0.1, -0.05) is 36.8 Å². The van der Waals surface area contributed by atoms with Crippen molar-refractivity contribution in [3.8, 4) is 0 Å². The van der Waals surface area contributed by atoms with Crippen LogP contribution in [0.1, 0.15) is 31.4 Å². The summed E-state index contributed by atoms with van der Waals surface area (Å²) in [7, 11) is 0. The van der Waals surface area contributed by atoms with Gasteiger partial charge < -0.3 is 10.6 Å². The first-order chi connectivity index (χ1) is 11.4. The largest absolute Gasteiger partial charge is 0.368 e. The zero-order valence-electron chi connectivity index (χ0n) is 14.8. The quantitative estimate of drug-likeness (QED) is 0.838. The summed E-state index contributed by atoms with van der Waals surface area (Å²) in [5, 5.41) is 0. The molecule has 2 amide bonds. The Kier molecular flexibility index (Phi) is 6.15. The van der Waals surface area contributed by atoms with Crippen molar-refractivity contribution in [2.75, 3.05) is 26.2 Å². The summed E-state index contributed by atoms with van der Waals surface area (Å²) >= 11 is 0. The Balaban J connectivity index is 2.01. The molecule has 0 unspecified atom stereocenters. The van der Waals surface area contributed by atoms with Gasteiger partial charge in [0.1, 0.15) is 0 Å². The number of rotatable bonds is 5. The number of carbonyl (C=O) groups is 2. The molecule has 0 spiro atoms. The van der Waals surface area contributed by atoms with Crippen LogP contribution in [0.15, 0.2) is 30.3 Å². The SMILES string of the molecule is CC/C(=C\C(=O)N1CCN([C@H](C)C(N)=O)CC1)c1ccc(C)cc1. The maximum Gasteiger partial charge on any atom is 0.246 e. The molecule has 2 N–H and O–H groups in total. The number of benzene rings is 1. The highest BCUT2D eigenvalue weighted by atomic mass is 16.2. The molecule has 130 valence electrons. The molecule has 5 nitrogen and oxygen atoms in total. The van der Waals surface area contributed by atoms with Crippen LogP contribution in [0.25, 0.3) is 5.57 Å². The van der Waals surface area contributed by atoms with Crippen LogP contribution in [0.5, 0.6) is 0 Å². The first-order valence-electron chi connectivity index (χ1n) is 8.52. The Morgan fingerprint density at radius 2 is 1.75 bits per heavy atom. The lowest BCUT2D eigenvalue weighted by atomic mass is 10.0. The molecule has 0 saturated carbocycles. The van der Waals surface area contributed by atoms with E-state index in [2.05, 4.69) is 38.1 Å². The number of hydrogen-bond donors (Lipinski definition) is 1. The Hall–Kier alpha value is -2.14. The van der Waals surface area contributed by atoms with E-state index in [1.165, 1.54) is 5.56 Å². The van der Waals surface area contributed by atoms with Crippen molar-refractivity contribution < 1.29 is 9.59 Å². The molecule has 1 aliphatic heterocycles. The molecule has 1 saturated heterocycles. The average molecular weight is 329 g/mol. The fraction of sp³-hybridized carbons (Fsp3) is 0.474. The number of amides is 2. The molecule has 1 fully saturated rings. The third-order valence-electron chi connectivity index (χ3n) is 4.69. The minimum Gasteiger partial charge on any atom is -0.368 e. The molecule has 2 rings (SSSR count). The van der Waals surface area contributed by atoms with Crippen LogP contribution < -0.4 is 5.73 Å². The van der Waals surface area contributed by atoms with Crippen molar-refractivity contribution in [2.45, 2.75) is 33.2 Å². The summed E-state index contributed by atoms with van der Waals surface area (Å²) in [6.07, 6.45) is 2.56. The van der Waals surface area contributed by atoms with Crippen molar-refractivity contribution in [2.24, 2.45) is 5.73 Å². The van der Waals surface area contributed by atoms with Crippen LogP contribution in [0.3, 0.4) is 0 Å². The third-order valence-corrected chi connectivity index (χ3v) is 4.69. The van der Waals surface area contributed by atoms with Crippen molar-refractivity contribution in [1.82, 2.24) is 9.80 Å². The van der Waals surface area contributed by atoms with Crippen LogP contribution in [-0.4, -0.2) is 53.8 Å². The lowest BCUT2D eigenvalue weighted by Gasteiger charge is -2.36. The number of carbonyl (C=O) groups excluding carboxylic acids is 2. The molecule has 0 bridgehead atoms. The summed E-state index contributed by atoms with van der Waals surface area (Å²) in [5.74, 6) is -0.277. The Bertz CT molecular complexity index is 614. The van der Waals surface area contributed by atoms with E-state index < -0.39 is 0 Å². The van der Waals surface area contributed by atoms with Gasteiger partial charge in [0.2, 0.25) is 11.8 Å². The molecule has 1 aromatic rings. The van der Waals surface area contributed by atoms with Crippen LogP contribution >= 0.6 is 0 Å². The highest BCUT2D eigenvalue weighted by molar-refractivity contribution is 5.95. The van der Waals surface area contributed by atoms with E-state index in [1.54, 1.807) is 6.08 Å². The second kappa shape index (κ2) is 8.11. The monoisotopic (exact) mass is 329 g/mol. The number of allylic oxidation sites excluding steroid dienone is 1. The standard InChI is InChI=1S/C19H27N3O2/c1-4-16(17-7-5-14(2)6-8-17)13-18(23)22-11-9-21(10-12-22)15(3)19(20)24/h5-8,13,15H,4,9-12H2,1-3H3,(H2,20,24)/b16-13+/t15-/m1/s1. The van der Waals surface area contributed by atoms with Crippen molar-refractivity contribution >= 4 is 17.4 Å². The molecular formula is C19H27N3O2. The Labute approximate surface area is 144 Å². The summed E-state index contributed by atoms with van der Waals surface area (Å²) in [5.41, 5.74) is 8.70. The molecule has 0 radical (unpaired) electrons. The number of primary amides is 1. The summed E-state index contributed by atoms with van der Waals surface area (Å²) in [6.45, 7) is 8.52. The first kappa shape index (κ1) is 18.2. The minimum atomic E-state index is -0.317. The lowest BCUT2D eigenvalue weighted by molar-refractivity contribution is -0.129. The van der Waals surface area contributed by atoms with Crippen molar-refractivity contribution in [3.05, 3.63) is 41.5 Å². The van der Waals surface area contributed by atoms with Gasteiger partial charge in [-0.25, -0.2) is 0 Å². The zero-order chi connectivity index (χ0) is 17.7. The van der Waals surface area contributed by atoms with E-state index >= 15 is 0 Å². The number of hydrogen-bond acceptors (Lipinski definition) is 3. The average Bonchev–Trinajstić information content (AvgIpc) is 2.59. The van der Waals surface area contributed by atoms with E-state index in [0.29, 0.717) is 26.2 Å². The first-order valence-corrected chi connectivity index (χ1v) is 8.52. The lowest BCUT2D eigenvalue weighted by Crippen LogP contribution is -2.54. The summed E-state index contributed by atoms with van der Waals surface area (Å²) in [4.78, 5) is 27.7. The molecule has 1 aliphatic rings. The van der Waals surface area contributed by atoms with Gasteiger partial charge in [-0.15, -0.1) is 0 Å². The molecular weight excluding hydrogens is 302 g/mol. The number of aryl methyl sites for hydroxylation is 1. The molecule has 0 aromatic heterocycles. The second-order valence-electron chi connectivity index (χ2n) is 6.33. The van der Waals surface area contributed by atoms with Gasteiger partial charge >= 0.3 is 0 Å². The molecule has 5 heteroatoms.